The van der Waals surface area contributed by atoms with Crippen molar-refractivity contribution in [2.24, 2.45) is 5.41 Å². The summed E-state index contributed by atoms with van der Waals surface area (Å²) in [5.74, 6) is -0.871. The van der Waals surface area contributed by atoms with Crippen molar-refractivity contribution in [1.29, 1.82) is 0 Å². The summed E-state index contributed by atoms with van der Waals surface area (Å²) in [5.41, 5.74) is 1.82. The van der Waals surface area contributed by atoms with Crippen molar-refractivity contribution in [3.8, 4) is 0 Å². The predicted octanol–water partition coefficient (Wildman–Crippen LogP) is 2.30. The van der Waals surface area contributed by atoms with Crippen molar-refractivity contribution in [3.63, 3.8) is 0 Å². The Balaban J connectivity index is 1.82. The number of carbonyl (C=O) groups is 2. The second kappa shape index (κ2) is 6.61. The van der Waals surface area contributed by atoms with Gasteiger partial charge in [0.15, 0.2) is 0 Å². The lowest BCUT2D eigenvalue weighted by molar-refractivity contribution is -0.136. The van der Waals surface area contributed by atoms with Crippen LogP contribution in [-0.4, -0.2) is 23.7 Å². The first kappa shape index (κ1) is 15.4. The summed E-state index contributed by atoms with van der Waals surface area (Å²) in [4.78, 5) is 22.6. The minimum atomic E-state index is -0.871. The topological polar surface area (TPSA) is 78.4 Å². The molecule has 1 aliphatic rings. The fraction of sp³-hybridized carbons (Fsp3) is 0.500. The number of rotatable bonds is 6. The molecule has 1 aliphatic carbocycles. The summed E-state index contributed by atoms with van der Waals surface area (Å²) in [6.45, 7) is 3.21. The summed E-state index contributed by atoms with van der Waals surface area (Å²) in [5, 5.41) is 14.6. The third-order valence-electron chi connectivity index (χ3n) is 4.14. The molecular weight excluding hydrogens is 268 g/mol. The molecule has 0 atom stereocenters. The van der Waals surface area contributed by atoms with Gasteiger partial charge in [-0.05, 0) is 29.4 Å². The maximum Gasteiger partial charge on any atom is 0.315 e. The van der Waals surface area contributed by atoms with E-state index in [-0.39, 0.29) is 17.9 Å². The van der Waals surface area contributed by atoms with Crippen molar-refractivity contribution in [2.45, 2.75) is 39.2 Å². The Labute approximate surface area is 124 Å². The van der Waals surface area contributed by atoms with E-state index in [9.17, 15) is 9.59 Å². The van der Waals surface area contributed by atoms with Crippen LogP contribution in [0.25, 0.3) is 0 Å². The SMILES string of the molecule is CC1(CNC(=O)NCc2ccccc2CC(=O)O)CCC1. The molecule has 1 aromatic carbocycles. The number of hydrogen-bond donors (Lipinski definition) is 3. The van der Waals surface area contributed by atoms with Gasteiger partial charge in [-0.1, -0.05) is 37.6 Å². The standard InChI is InChI=1S/C16H22N2O3/c1-16(7-4-8-16)11-18-15(21)17-10-13-6-3-2-5-12(13)9-14(19)20/h2-3,5-6H,4,7-11H2,1H3,(H,19,20)(H2,17,18,21). The smallest absolute Gasteiger partial charge is 0.315 e. The molecule has 0 unspecified atom stereocenters. The molecule has 2 rings (SSSR count). The van der Waals surface area contributed by atoms with Gasteiger partial charge < -0.3 is 15.7 Å². The Kier molecular flexibility index (Phi) is 4.83. The van der Waals surface area contributed by atoms with Crippen LogP contribution in [0.3, 0.4) is 0 Å². The second-order valence-electron chi connectivity index (χ2n) is 6.04. The van der Waals surface area contributed by atoms with Crippen molar-refractivity contribution >= 4 is 12.0 Å². The number of amides is 2. The molecule has 21 heavy (non-hydrogen) atoms. The number of hydrogen-bond acceptors (Lipinski definition) is 2. The number of aliphatic carboxylic acids is 1. The van der Waals surface area contributed by atoms with E-state index < -0.39 is 5.97 Å². The number of carboxylic acids is 1. The Morgan fingerprint density at radius 2 is 1.86 bits per heavy atom. The Morgan fingerprint density at radius 1 is 1.19 bits per heavy atom. The van der Waals surface area contributed by atoms with E-state index in [0.717, 1.165) is 24.0 Å². The fourth-order valence-corrected chi connectivity index (χ4v) is 2.55. The van der Waals surface area contributed by atoms with E-state index in [4.69, 9.17) is 5.11 Å². The zero-order valence-corrected chi connectivity index (χ0v) is 12.3. The van der Waals surface area contributed by atoms with Crippen LogP contribution >= 0.6 is 0 Å². The number of carbonyl (C=O) groups excluding carboxylic acids is 1. The van der Waals surface area contributed by atoms with Crippen LogP contribution < -0.4 is 10.6 Å². The molecule has 0 bridgehead atoms. The quantitative estimate of drug-likeness (QED) is 0.752. The van der Waals surface area contributed by atoms with Crippen LogP contribution in [0.1, 0.15) is 37.3 Å². The van der Waals surface area contributed by atoms with Gasteiger partial charge in [0.25, 0.3) is 0 Å². The van der Waals surface area contributed by atoms with Crippen LogP contribution in [0.5, 0.6) is 0 Å². The first-order chi connectivity index (χ1) is 9.98. The van der Waals surface area contributed by atoms with Crippen molar-refractivity contribution in [2.75, 3.05) is 6.54 Å². The van der Waals surface area contributed by atoms with Crippen molar-refractivity contribution < 1.29 is 14.7 Å². The molecule has 5 nitrogen and oxygen atoms in total. The second-order valence-corrected chi connectivity index (χ2v) is 6.04. The van der Waals surface area contributed by atoms with E-state index in [2.05, 4.69) is 17.6 Å². The molecule has 0 aliphatic heterocycles. The molecule has 0 spiro atoms. The number of urea groups is 1. The van der Waals surface area contributed by atoms with Crippen LogP contribution in [0.2, 0.25) is 0 Å². The number of benzene rings is 1. The van der Waals surface area contributed by atoms with E-state index in [1.54, 1.807) is 12.1 Å². The van der Waals surface area contributed by atoms with Crippen LogP contribution in [0.4, 0.5) is 4.79 Å². The zero-order valence-electron chi connectivity index (χ0n) is 12.3. The summed E-state index contributed by atoms with van der Waals surface area (Å²) >= 11 is 0. The van der Waals surface area contributed by atoms with E-state index in [0.29, 0.717) is 13.1 Å². The first-order valence-electron chi connectivity index (χ1n) is 7.29. The largest absolute Gasteiger partial charge is 0.481 e. The van der Waals surface area contributed by atoms with Gasteiger partial charge in [-0.15, -0.1) is 0 Å². The van der Waals surface area contributed by atoms with Gasteiger partial charge >= 0.3 is 12.0 Å². The summed E-state index contributed by atoms with van der Waals surface area (Å²) in [6.07, 6.45) is 3.53. The minimum absolute atomic E-state index is 0.0302. The van der Waals surface area contributed by atoms with Crippen LogP contribution in [-0.2, 0) is 17.8 Å². The third kappa shape index (κ3) is 4.48. The average molecular weight is 290 g/mol. The van der Waals surface area contributed by atoms with E-state index in [1.165, 1.54) is 6.42 Å². The van der Waals surface area contributed by atoms with Crippen molar-refractivity contribution in [3.05, 3.63) is 35.4 Å². The highest BCUT2D eigenvalue weighted by Gasteiger charge is 2.31. The maximum atomic E-state index is 11.8. The fourth-order valence-electron chi connectivity index (χ4n) is 2.55. The zero-order chi connectivity index (χ0) is 15.3. The summed E-state index contributed by atoms with van der Waals surface area (Å²) < 4.78 is 0. The molecule has 114 valence electrons. The Morgan fingerprint density at radius 3 is 2.43 bits per heavy atom. The Bertz CT molecular complexity index is 524. The lowest BCUT2D eigenvalue weighted by Crippen LogP contribution is -2.44. The minimum Gasteiger partial charge on any atom is -0.481 e. The molecule has 0 aromatic heterocycles. The maximum absolute atomic E-state index is 11.8. The molecular formula is C16H22N2O3. The lowest BCUT2D eigenvalue weighted by atomic mass is 9.70. The molecule has 0 radical (unpaired) electrons. The monoisotopic (exact) mass is 290 g/mol. The highest BCUT2D eigenvalue weighted by Crippen LogP contribution is 2.39. The highest BCUT2D eigenvalue weighted by atomic mass is 16.4. The summed E-state index contributed by atoms with van der Waals surface area (Å²) in [7, 11) is 0. The van der Waals surface area contributed by atoms with Gasteiger partial charge in [0, 0.05) is 13.1 Å². The average Bonchev–Trinajstić information content (AvgIpc) is 2.41. The third-order valence-corrected chi connectivity index (χ3v) is 4.14. The lowest BCUT2D eigenvalue weighted by Gasteiger charge is -2.38. The van der Waals surface area contributed by atoms with Gasteiger partial charge in [0.2, 0.25) is 0 Å². The van der Waals surface area contributed by atoms with Gasteiger partial charge in [-0.2, -0.15) is 0 Å². The normalized spacial score (nSPS) is 15.9. The van der Waals surface area contributed by atoms with Crippen molar-refractivity contribution in [1.82, 2.24) is 10.6 Å². The number of carboxylic acid groups (broad SMARTS) is 1. The number of nitrogens with one attached hydrogen (secondary N) is 2. The molecule has 3 N–H and O–H groups in total. The molecule has 0 saturated heterocycles. The Hall–Kier alpha value is -2.04. The molecule has 1 aromatic rings. The van der Waals surface area contributed by atoms with Crippen LogP contribution in [0, 0.1) is 5.41 Å². The first-order valence-corrected chi connectivity index (χ1v) is 7.29. The molecule has 5 heteroatoms. The van der Waals surface area contributed by atoms with E-state index >= 15 is 0 Å². The molecule has 1 saturated carbocycles. The molecule has 0 heterocycles. The van der Waals surface area contributed by atoms with Crippen LogP contribution in [0.15, 0.2) is 24.3 Å². The van der Waals surface area contributed by atoms with Gasteiger partial charge in [0.1, 0.15) is 0 Å². The molecule has 2 amide bonds. The van der Waals surface area contributed by atoms with Gasteiger partial charge in [0.05, 0.1) is 6.42 Å². The predicted molar refractivity (Wildman–Crippen MR) is 80.0 cm³/mol. The highest BCUT2D eigenvalue weighted by molar-refractivity contribution is 5.74. The van der Waals surface area contributed by atoms with Gasteiger partial charge in [-0.3, -0.25) is 4.79 Å². The van der Waals surface area contributed by atoms with E-state index in [1.807, 2.05) is 12.1 Å². The van der Waals surface area contributed by atoms with Gasteiger partial charge in [-0.25, -0.2) is 4.79 Å². The summed E-state index contributed by atoms with van der Waals surface area (Å²) in [6, 6.07) is 7.06. The molecule has 1 fully saturated rings.